The molecule has 1 nitrogen and oxygen atoms in total. The molecule has 0 aliphatic rings. The summed E-state index contributed by atoms with van der Waals surface area (Å²) in [4.78, 5) is 0. The summed E-state index contributed by atoms with van der Waals surface area (Å²) in [5.74, 6) is 1.02. The molecule has 0 aromatic heterocycles. The fourth-order valence-corrected chi connectivity index (χ4v) is 3.75. The Morgan fingerprint density at radius 1 is 0.812 bits per heavy atom. The second kappa shape index (κ2) is 7.59. The van der Waals surface area contributed by atoms with Crippen molar-refractivity contribution in [1.29, 1.82) is 0 Å². The van der Waals surface area contributed by atoms with Gasteiger partial charge in [-0.25, -0.2) is 0 Å². The fraction of sp³-hybridized carbons (Fsp3) is 0.0769. The average molecular weight is 331 g/mol. The number of halogens is 1. The summed E-state index contributed by atoms with van der Waals surface area (Å²) in [7, 11) is 0. The van der Waals surface area contributed by atoms with E-state index in [0.717, 1.165) is 10.8 Å². The van der Waals surface area contributed by atoms with E-state index in [1.165, 1.54) is 5.56 Å². The molecule has 0 spiro atoms. The van der Waals surface area contributed by atoms with Gasteiger partial charge in [-0.05, 0) is 0 Å². The molecule has 0 fully saturated rings. The third-order valence-electron chi connectivity index (χ3n) is 2.25. The van der Waals surface area contributed by atoms with Crippen molar-refractivity contribution in [2.45, 2.75) is 5.02 Å². The average Bonchev–Trinajstić information content (AvgIpc) is 2.32. The normalized spacial score (nSPS) is 8.75. The molecule has 2 aromatic carbocycles. The second-order valence-corrected chi connectivity index (χ2v) is 5.91. The molecular weight excluding hydrogens is 317 g/mol. The molecule has 0 saturated carbocycles. The van der Waals surface area contributed by atoms with Crippen LogP contribution >= 0.6 is 17.0 Å². The quantitative estimate of drug-likeness (QED) is 0.774. The van der Waals surface area contributed by atoms with Crippen LogP contribution in [-0.4, -0.2) is 0 Å². The molecule has 2 rings (SSSR count). The Bertz CT molecular complexity index is 352. The van der Waals surface area contributed by atoms with E-state index in [0.29, 0.717) is 0 Å². The molecule has 80 valence electrons. The SMILES string of the molecule is Br.c1ccc([CH2][Zn][O]c2ccccc2)cc1. The molecule has 0 radical (unpaired) electrons. The Morgan fingerprint density at radius 3 is 2.00 bits per heavy atom. The maximum absolute atomic E-state index is 5.80. The van der Waals surface area contributed by atoms with Gasteiger partial charge in [0.15, 0.2) is 0 Å². The van der Waals surface area contributed by atoms with Crippen LogP contribution in [0.3, 0.4) is 0 Å². The van der Waals surface area contributed by atoms with Crippen LogP contribution in [0.4, 0.5) is 0 Å². The molecule has 0 aliphatic carbocycles. The minimum atomic E-state index is -0.911. The first-order valence-electron chi connectivity index (χ1n) is 5.17. The van der Waals surface area contributed by atoms with Crippen LogP contribution in [0.1, 0.15) is 5.56 Å². The molecule has 0 saturated heterocycles. The molecule has 2 aromatic rings. The zero-order chi connectivity index (χ0) is 10.3. The molecule has 3 heteroatoms. The van der Waals surface area contributed by atoms with Crippen LogP contribution in [0.25, 0.3) is 0 Å². The van der Waals surface area contributed by atoms with E-state index in [4.69, 9.17) is 3.56 Å². The number of para-hydroxylation sites is 1. The van der Waals surface area contributed by atoms with E-state index < -0.39 is 17.5 Å². The van der Waals surface area contributed by atoms with E-state index in [1.54, 1.807) is 0 Å². The van der Waals surface area contributed by atoms with Crippen LogP contribution in [0, 0.1) is 0 Å². The Labute approximate surface area is 115 Å². The molecular formula is C13H13BrOZn. The van der Waals surface area contributed by atoms with Gasteiger partial charge in [0.05, 0.1) is 0 Å². The summed E-state index contributed by atoms with van der Waals surface area (Å²) in [6, 6.07) is 20.6. The third-order valence-corrected chi connectivity index (χ3v) is 5.01. The minimum absolute atomic E-state index is 0. The van der Waals surface area contributed by atoms with Crippen LogP contribution in [0.15, 0.2) is 60.7 Å². The third kappa shape index (κ3) is 4.46. The summed E-state index contributed by atoms with van der Waals surface area (Å²) in [5.41, 5.74) is 1.40. The summed E-state index contributed by atoms with van der Waals surface area (Å²) in [6.45, 7) is 0. The van der Waals surface area contributed by atoms with Gasteiger partial charge in [-0.1, -0.05) is 0 Å². The van der Waals surface area contributed by atoms with Crippen molar-refractivity contribution in [3.05, 3.63) is 66.2 Å². The maximum atomic E-state index is 5.80. The van der Waals surface area contributed by atoms with Crippen molar-refractivity contribution in [2.24, 2.45) is 0 Å². The van der Waals surface area contributed by atoms with E-state index in [2.05, 4.69) is 30.3 Å². The monoisotopic (exact) mass is 328 g/mol. The molecule has 0 atom stereocenters. The van der Waals surface area contributed by atoms with Crippen molar-refractivity contribution in [3.63, 3.8) is 0 Å². The molecule has 0 bridgehead atoms. The van der Waals surface area contributed by atoms with Gasteiger partial charge >= 0.3 is 98.0 Å². The van der Waals surface area contributed by atoms with Gasteiger partial charge in [-0.2, -0.15) is 0 Å². The van der Waals surface area contributed by atoms with Gasteiger partial charge in [0.2, 0.25) is 0 Å². The van der Waals surface area contributed by atoms with Gasteiger partial charge in [-0.3, -0.25) is 0 Å². The molecule has 0 aliphatic heterocycles. The van der Waals surface area contributed by atoms with E-state index in [-0.39, 0.29) is 17.0 Å². The van der Waals surface area contributed by atoms with Crippen molar-refractivity contribution in [3.8, 4) is 5.75 Å². The van der Waals surface area contributed by atoms with Crippen LogP contribution in [0.2, 0.25) is 0 Å². The first-order chi connectivity index (χ1) is 7.45. The van der Waals surface area contributed by atoms with Gasteiger partial charge in [-0.15, -0.1) is 17.0 Å². The zero-order valence-corrected chi connectivity index (χ0v) is 13.7. The first-order valence-corrected chi connectivity index (χ1v) is 8.48. The van der Waals surface area contributed by atoms with E-state index in [1.807, 2.05) is 30.3 Å². The van der Waals surface area contributed by atoms with Crippen molar-refractivity contribution < 1.29 is 21.1 Å². The number of hydrogen-bond acceptors (Lipinski definition) is 1. The summed E-state index contributed by atoms with van der Waals surface area (Å²) in [5, 5.41) is 1.14. The Balaban J connectivity index is 0.00000128. The number of rotatable bonds is 4. The molecule has 0 heterocycles. The van der Waals surface area contributed by atoms with Crippen molar-refractivity contribution >= 4 is 17.0 Å². The van der Waals surface area contributed by atoms with Crippen molar-refractivity contribution in [1.82, 2.24) is 0 Å². The van der Waals surface area contributed by atoms with Gasteiger partial charge in [0.25, 0.3) is 0 Å². The summed E-state index contributed by atoms with van der Waals surface area (Å²) < 4.78 is 5.80. The van der Waals surface area contributed by atoms with Crippen molar-refractivity contribution in [2.75, 3.05) is 0 Å². The fourth-order valence-electron chi connectivity index (χ4n) is 1.45. The van der Waals surface area contributed by atoms with Crippen LogP contribution in [0.5, 0.6) is 5.75 Å². The van der Waals surface area contributed by atoms with Gasteiger partial charge in [0, 0.05) is 0 Å². The zero-order valence-electron chi connectivity index (χ0n) is 9.00. The standard InChI is InChI=1S/C7H7.C6H6O.BrH.Zn/c1-7-5-3-2-4-6-7;7-6-4-2-1-3-5-6;;/h2-6H,1H2;1-5,7H;1H;/q;;;+1/p-1. The van der Waals surface area contributed by atoms with Crippen LogP contribution < -0.4 is 3.56 Å². The predicted octanol–water partition coefficient (Wildman–Crippen LogP) is 3.84. The molecule has 0 amide bonds. The number of benzene rings is 2. The Hall–Kier alpha value is -0.657. The van der Waals surface area contributed by atoms with E-state index in [9.17, 15) is 0 Å². The summed E-state index contributed by atoms with van der Waals surface area (Å²) >= 11 is -0.911. The van der Waals surface area contributed by atoms with Gasteiger partial charge < -0.3 is 0 Å². The molecule has 0 N–H and O–H groups in total. The van der Waals surface area contributed by atoms with Crippen LogP contribution in [-0.2, 0) is 22.5 Å². The van der Waals surface area contributed by atoms with Gasteiger partial charge in [0.1, 0.15) is 0 Å². The molecule has 0 unspecified atom stereocenters. The first kappa shape index (κ1) is 13.4. The second-order valence-electron chi connectivity index (χ2n) is 3.40. The van der Waals surface area contributed by atoms with E-state index >= 15 is 0 Å². The molecule has 16 heavy (non-hydrogen) atoms. The topological polar surface area (TPSA) is 9.23 Å². The Morgan fingerprint density at radius 2 is 1.38 bits per heavy atom. The number of hydrogen-bond donors (Lipinski definition) is 0. The summed E-state index contributed by atoms with van der Waals surface area (Å²) in [6.07, 6.45) is 0. The predicted molar refractivity (Wildman–Crippen MR) is 67.5 cm³/mol. The Kier molecular flexibility index (Phi) is 6.36.